The highest BCUT2D eigenvalue weighted by Crippen LogP contribution is 2.16. The lowest BCUT2D eigenvalue weighted by Gasteiger charge is -2.16. The minimum atomic E-state index is -3.34. The van der Waals surface area contributed by atoms with Gasteiger partial charge >= 0.3 is 0 Å². The number of benzene rings is 1. The molecule has 0 unspecified atom stereocenters. The van der Waals surface area contributed by atoms with Gasteiger partial charge in [0, 0.05) is 0 Å². The summed E-state index contributed by atoms with van der Waals surface area (Å²) in [4.78, 5) is 11.9. The summed E-state index contributed by atoms with van der Waals surface area (Å²) in [5, 5.41) is 2.76. The van der Waals surface area contributed by atoms with E-state index >= 15 is 0 Å². The molecule has 1 aromatic carbocycles. The van der Waals surface area contributed by atoms with Crippen molar-refractivity contribution in [3.8, 4) is 0 Å². The zero-order valence-electron chi connectivity index (χ0n) is 13.4. The normalized spacial score (nSPS) is 13.2. The first-order chi connectivity index (χ1) is 9.59. The standard InChI is InChI=1S/C16H25NO3S/c1-11(2)9-21(19,20)10-16(18)17-14(5)15-7-12(3)6-13(4)8-15/h6-8,11,14H,9-10H2,1-5H3,(H,17,18)/t14-/m1/s1. The molecule has 4 nitrogen and oxygen atoms in total. The minimum absolute atomic E-state index is 0.0274. The topological polar surface area (TPSA) is 63.2 Å². The van der Waals surface area contributed by atoms with Crippen molar-refractivity contribution in [2.45, 2.75) is 40.7 Å². The maximum atomic E-state index is 11.9. The van der Waals surface area contributed by atoms with Gasteiger partial charge in [-0.1, -0.05) is 43.2 Å². The predicted molar refractivity (Wildman–Crippen MR) is 86.0 cm³/mol. The third kappa shape index (κ3) is 6.29. The largest absolute Gasteiger partial charge is 0.349 e. The van der Waals surface area contributed by atoms with Gasteiger partial charge < -0.3 is 5.32 Å². The molecule has 1 amide bonds. The van der Waals surface area contributed by atoms with E-state index in [1.54, 1.807) is 0 Å². The Bertz CT molecular complexity index is 586. The average Bonchev–Trinajstić information content (AvgIpc) is 2.23. The van der Waals surface area contributed by atoms with Gasteiger partial charge in [0.05, 0.1) is 11.8 Å². The van der Waals surface area contributed by atoms with E-state index in [0.717, 1.165) is 16.7 Å². The van der Waals surface area contributed by atoms with Crippen LogP contribution in [0.3, 0.4) is 0 Å². The van der Waals surface area contributed by atoms with Crippen LogP contribution < -0.4 is 5.32 Å². The van der Waals surface area contributed by atoms with Crippen LogP contribution >= 0.6 is 0 Å². The number of rotatable bonds is 6. The third-order valence-corrected chi connectivity index (χ3v) is 4.94. The van der Waals surface area contributed by atoms with E-state index in [-0.39, 0.29) is 17.7 Å². The van der Waals surface area contributed by atoms with Gasteiger partial charge in [-0.3, -0.25) is 4.79 Å². The molecule has 1 aromatic rings. The van der Waals surface area contributed by atoms with Gasteiger partial charge in [0.1, 0.15) is 5.75 Å². The molecule has 1 N–H and O–H groups in total. The summed E-state index contributed by atoms with van der Waals surface area (Å²) in [6, 6.07) is 5.86. The second-order valence-electron chi connectivity index (χ2n) is 6.16. The Morgan fingerprint density at radius 1 is 1.10 bits per heavy atom. The SMILES string of the molecule is Cc1cc(C)cc([C@@H](C)NC(=O)CS(=O)(=O)CC(C)C)c1. The molecular formula is C16H25NO3S. The highest BCUT2D eigenvalue weighted by molar-refractivity contribution is 7.92. The fourth-order valence-corrected chi connectivity index (χ4v) is 4.01. The summed E-state index contributed by atoms with van der Waals surface area (Å²) in [7, 11) is -3.34. The van der Waals surface area contributed by atoms with Crippen molar-refractivity contribution in [3.05, 3.63) is 34.9 Å². The maximum Gasteiger partial charge on any atom is 0.235 e. The van der Waals surface area contributed by atoms with Gasteiger partial charge in [-0.15, -0.1) is 0 Å². The monoisotopic (exact) mass is 311 g/mol. The molecule has 0 aromatic heterocycles. The molecule has 0 spiro atoms. The first kappa shape index (κ1) is 17.7. The van der Waals surface area contributed by atoms with Gasteiger partial charge in [0.25, 0.3) is 0 Å². The number of hydrogen-bond donors (Lipinski definition) is 1. The van der Waals surface area contributed by atoms with Crippen LogP contribution in [0.4, 0.5) is 0 Å². The lowest BCUT2D eigenvalue weighted by Crippen LogP contribution is -2.33. The van der Waals surface area contributed by atoms with E-state index in [4.69, 9.17) is 0 Å². The highest BCUT2D eigenvalue weighted by Gasteiger charge is 2.19. The molecule has 0 aliphatic carbocycles. The van der Waals surface area contributed by atoms with Crippen LogP contribution in [0.2, 0.25) is 0 Å². The van der Waals surface area contributed by atoms with Crippen molar-refractivity contribution in [1.82, 2.24) is 5.32 Å². The predicted octanol–water partition coefficient (Wildman–Crippen LogP) is 2.55. The van der Waals surface area contributed by atoms with Crippen LogP contribution in [0.15, 0.2) is 18.2 Å². The van der Waals surface area contributed by atoms with Gasteiger partial charge in [-0.25, -0.2) is 8.42 Å². The Labute approximate surface area is 127 Å². The van der Waals surface area contributed by atoms with E-state index in [2.05, 4.69) is 11.4 Å². The van der Waals surface area contributed by atoms with Crippen LogP contribution in [-0.2, 0) is 14.6 Å². The second kappa shape index (κ2) is 7.07. The Balaban J connectivity index is 2.70. The number of aryl methyl sites for hydroxylation is 2. The van der Waals surface area contributed by atoms with Crippen LogP contribution in [0.25, 0.3) is 0 Å². The van der Waals surface area contributed by atoms with E-state index in [1.807, 2.05) is 46.8 Å². The molecule has 0 saturated carbocycles. The Hall–Kier alpha value is -1.36. The van der Waals surface area contributed by atoms with E-state index in [0.29, 0.717) is 0 Å². The van der Waals surface area contributed by atoms with Crippen molar-refractivity contribution in [2.24, 2.45) is 5.92 Å². The van der Waals surface area contributed by atoms with Gasteiger partial charge in [-0.05, 0) is 32.3 Å². The van der Waals surface area contributed by atoms with Crippen LogP contribution in [0.1, 0.15) is 43.5 Å². The van der Waals surface area contributed by atoms with Crippen LogP contribution in [-0.4, -0.2) is 25.8 Å². The lowest BCUT2D eigenvalue weighted by molar-refractivity contribution is -0.119. The minimum Gasteiger partial charge on any atom is -0.349 e. The van der Waals surface area contributed by atoms with Gasteiger partial charge in [0.2, 0.25) is 5.91 Å². The zero-order valence-corrected chi connectivity index (χ0v) is 14.3. The maximum absolute atomic E-state index is 11.9. The summed E-state index contributed by atoms with van der Waals surface area (Å²) >= 11 is 0. The van der Waals surface area contributed by atoms with Crippen molar-refractivity contribution in [1.29, 1.82) is 0 Å². The van der Waals surface area contributed by atoms with Crippen molar-refractivity contribution in [2.75, 3.05) is 11.5 Å². The first-order valence-corrected chi connectivity index (χ1v) is 8.99. The molecular weight excluding hydrogens is 286 g/mol. The fourth-order valence-electron chi connectivity index (χ4n) is 2.39. The number of sulfone groups is 1. The number of hydrogen-bond acceptors (Lipinski definition) is 3. The van der Waals surface area contributed by atoms with E-state index in [9.17, 15) is 13.2 Å². The molecule has 0 bridgehead atoms. The van der Waals surface area contributed by atoms with Crippen molar-refractivity contribution < 1.29 is 13.2 Å². The fraction of sp³-hybridized carbons (Fsp3) is 0.562. The molecule has 5 heteroatoms. The van der Waals surface area contributed by atoms with Crippen molar-refractivity contribution >= 4 is 15.7 Å². The zero-order chi connectivity index (χ0) is 16.2. The van der Waals surface area contributed by atoms with Crippen molar-refractivity contribution in [3.63, 3.8) is 0 Å². The third-order valence-electron chi connectivity index (χ3n) is 3.06. The molecule has 0 aliphatic rings. The lowest BCUT2D eigenvalue weighted by atomic mass is 10.0. The average molecular weight is 311 g/mol. The molecule has 0 aliphatic heterocycles. The van der Waals surface area contributed by atoms with E-state index in [1.165, 1.54) is 0 Å². The number of amides is 1. The molecule has 21 heavy (non-hydrogen) atoms. The summed E-state index contributed by atoms with van der Waals surface area (Å²) < 4.78 is 23.6. The Kier molecular flexibility index (Phi) is 5.96. The summed E-state index contributed by atoms with van der Waals surface area (Å²) in [6.07, 6.45) is 0. The summed E-state index contributed by atoms with van der Waals surface area (Å²) in [5.74, 6) is -0.819. The smallest absolute Gasteiger partial charge is 0.235 e. The number of carbonyl (C=O) groups excluding carboxylic acids is 1. The molecule has 1 atom stereocenters. The van der Waals surface area contributed by atoms with E-state index < -0.39 is 21.5 Å². The number of nitrogens with one attached hydrogen (secondary N) is 1. The summed E-state index contributed by atoms with van der Waals surface area (Å²) in [5.41, 5.74) is 3.24. The molecule has 0 saturated heterocycles. The van der Waals surface area contributed by atoms with Gasteiger partial charge in [-0.2, -0.15) is 0 Å². The molecule has 1 rings (SSSR count). The highest BCUT2D eigenvalue weighted by atomic mass is 32.2. The Morgan fingerprint density at radius 3 is 2.10 bits per heavy atom. The quantitative estimate of drug-likeness (QED) is 0.878. The first-order valence-electron chi connectivity index (χ1n) is 7.17. The Morgan fingerprint density at radius 2 is 1.62 bits per heavy atom. The van der Waals surface area contributed by atoms with Gasteiger partial charge in [0.15, 0.2) is 9.84 Å². The van der Waals surface area contributed by atoms with Crippen LogP contribution in [0, 0.1) is 19.8 Å². The molecule has 0 radical (unpaired) electrons. The molecule has 118 valence electrons. The summed E-state index contributed by atoms with van der Waals surface area (Å²) in [6.45, 7) is 9.51. The molecule has 0 fully saturated rings. The second-order valence-corrected chi connectivity index (χ2v) is 8.27. The molecule has 0 heterocycles. The van der Waals surface area contributed by atoms with Crippen LogP contribution in [0.5, 0.6) is 0 Å². The number of carbonyl (C=O) groups is 1.